The summed E-state index contributed by atoms with van der Waals surface area (Å²) in [4.78, 5) is 10.9. The Kier molecular flexibility index (Phi) is 4.85. The lowest BCUT2D eigenvalue weighted by Gasteiger charge is -2.26. The Morgan fingerprint density at radius 2 is 1.00 bits per heavy atom. The summed E-state index contributed by atoms with van der Waals surface area (Å²) in [6, 6.07) is 31.0. The number of hydrogen-bond acceptors (Lipinski definition) is 2. The molecule has 2 nitrogen and oxygen atoms in total. The standard InChI is InChI=1S/C20H18O2P/c21-16-22-17-23(18-10-4-1-5-11-18,19-12-6-2-7-13-19)20-14-8-3-9-15-20/h1-16H,17H2/q+1. The lowest BCUT2D eigenvalue weighted by molar-refractivity contribution is -0.126. The fourth-order valence-electron chi connectivity index (χ4n) is 2.86. The number of hydrogen-bond donors (Lipinski definition) is 0. The van der Waals surface area contributed by atoms with Gasteiger partial charge in [0.15, 0.2) is 7.26 Å². The van der Waals surface area contributed by atoms with Crippen molar-refractivity contribution < 1.29 is 9.53 Å². The van der Waals surface area contributed by atoms with Crippen LogP contribution in [0.3, 0.4) is 0 Å². The molecule has 0 amide bonds. The molecular weight excluding hydrogens is 303 g/mol. The highest BCUT2D eigenvalue weighted by atomic mass is 31.2. The SMILES string of the molecule is O=COC[P+](c1ccccc1)(c1ccccc1)c1ccccc1. The summed E-state index contributed by atoms with van der Waals surface area (Å²) < 4.78 is 5.33. The van der Waals surface area contributed by atoms with Gasteiger partial charge in [-0.3, -0.25) is 4.79 Å². The highest BCUT2D eigenvalue weighted by Gasteiger charge is 2.46. The molecule has 0 spiro atoms. The van der Waals surface area contributed by atoms with Crippen LogP contribution in [0.2, 0.25) is 0 Å². The Balaban J connectivity index is 2.27. The van der Waals surface area contributed by atoms with Crippen LogP contribution < -0.4 is 15.9 Å². The maximum Gasteiger partial charge on any atom is 0.296 e. The number of carbonyl (C=O) groups is 1. The van der Waals surface area contributed by atoms with Crippen molar-refractivity contribution >= 4 is 29.6 Å². The van der Waals surface area contributed by atoms with Crippen LogP contribution in [0.4, 0.5) is 0 Å². The Morgan fingerprint density at radius 3 is 1.30 bits per heavy atom. The van der Waals surface area contributed by atoms with E-state index in [2.05, 4.69) is 36.4 Å². The molecule has 0 aliphatic carbocycles. The second kappa shape index (κ2) is 7.21. The monoisotopic (exact) mass is 321 g/mol. The molecule has 3 aromatic rings. The average Bonchev–Trinajstić information content (AvgIpc) is 2.65. The molecule has 23 heavy (non-hydrogen) atoms. The summed E-state index contributed by atoms with van der Waals surface area (Å²) in [5, 5.41) is 3.62. The molecule has 3 aromatic carbocycles. The van der Waals surface area contributed by atoms with E-state index in [1.165, 1.54) is 15.9 Å². The van der Waals surface area contributed by atoms with E-state index < -0.39 is 7.26 Å². The second-order valence-corrected chi connectivity index (χ2v) is 8.64. The minimum absolute atomic E-state index is 0.370. The first-order chi connectivity index (χ1) is 11.4. The minimum Gasteiger partial charge on any atom is -0.431 e. The summed E-state index contributed by atoms with van der Waals surface area (Å²) in [7, 11) is -2.02. The van der Waals surface area contributed by atoms with E-state index in [1.807, 2.05) is 54.6 Å². The third-order valence-corrected chi connectivity index (χ3v) is 8.00. The first-order valence-electron chi connectivity index (χ1n) is 7.48. The molecular formula is C20H18O2P+. The Labute approximate surface area is 137 Å². The van der Waals surface area contributed by atoms with Gasteiger partial charge < -0.3 is 4.74 Å². The van der Waals surface area contributed by atoms with Gasteiger partial charge in [0.05, 0.1) is 0 Å². The molecule has 0 radical (unpaired) electrons. The molecule has 0 N–H and O–H groups in total. The van der Waals surface area contributed by atoms with Gasteiger partial charge in [-0.2, -0.15) is 0 Å². The lowest BCUT2D eigenvalue weighted by Crippen LogP contribution is -2.34. The molecule has 0 fully saturated rings. The van der Waals surface area contributed by atoms with Crippen molar-refractivity contribution in [1.82, 2.24) is 0 Å². The number of ether oxygens (including phenoxy) is 1. The van der Waals surface area contributed by atoms with Crippen molar-refractivity contribution in [3.8, 4) is 0 Å². The van der Waals surface area contributed by atoms with Crippen molar-refractivity contribution in [2.24, 2.45) is 0 Å². The van der Waals surface area contributed by atoms with Crippen molar-refractivity contribution in [2.45, 2.75) is 0 Å². The van der Waals surface area contributed by atoms with Crippen LogP contribution in [0.25, 0.3) is 0 Å². The molecule has 3 heteroatoms. The molecule has 0 bridgehead atoms. The van der Waals surface area contributed by atoms with Gasteiger partial charge in [-0.25, -0.2) is 0 Å². The first-order valence-corrected chi connectivity index (χ1v) is 9.45. The summed E-state index contributed by atoms with van der Waals surface area (Å²) in [5.74, 6) is 0. The molecule has 3 rings (SSSR count). The molecule has 0 atom stereocenters. The normalized spacial score (nSPS) is 11.0. The Morgan fingerprint density at radius 1 is 0.652 bits per heavy atom. The molecule has 0 aliphatic rings. The van der Waals surface area contributed by atoms with Gasteiger partial charge in [-0.05, 0) is 36.4 Å². The Bertz CT molecular complexity index is 646. The van der Waals surface area contributed by atoms with Crippen molar-refractivity contribution in [3.05, 3.63) is 91.0 Å². The largest absolute Gasteiger partial charge is 0.431 e. The smallest absolute Gasteiger partial charge is 0.296 e. The third kappa shape index (κ3) is 3.04. The van der Waals surface area contributed by atoms with Crippen LogP contribution in [-0.4, -0.2) is 12.8 Å². The lowest BCUT2D eigenvalue weighted by atomic mass is 10.4. The van der Waals surface area contributed by atoms with Gasteiger partial charge >= 0.3 is 0 Å². The van der Waals surface area contributed by atoms with Crippen LogP contribution in [0.15, 0.2) is 91.0 Å². The van der Waals surface area contributed by atoms with Gasteiger partial charge in [0.2, 0.25) is 6.35 Å². The van der Waals surface area contributed by atoms with Crippen molar-refractivity contribution in [3.63, 3.8) is 0 Å². The maximum atomic E-state index is 10.9. The van der Waals surface area contributed by atoms with Crippen LogP contribution in [0.5, 0.6) is 0 Å². The van der Waals surface area contributed by atoms with Crippen LogP contribution in [0, 0.1) is 0 Å². The van der Waals surface area contributed by atoms with Gasteiger partial charge in [-0.15, -0.1) is 0 Å². The van der Waals surface area contributed by atoms with E-state index >= 15 is 0 Å². The minimum atomic E-state index is -2.02. The molecule has 0 saturated heterocycles. The predicted molar refractivity (Wildman–Crippen MR) is 97.2 cm³/mol. The molecule has 114 valence electrons. The predicted octanol–water partition coefficient (Wildman–Crippen LogP) is 3.11. The molecule has 0 heterocycles. The summed E-state index contributed by atoms with van der Waals surface area (Å²) in [6.07, 6.45) is 0.370. The van der Waals surface area contributed by atoms with Gasteiger partial charge in [0.1, 0.15) is 15.9 Å². The van der Waals surface area contributed by atoms with E-state index in [9.17, 15) is 4.79 Å². The first kappa shape index (κ1) is 15.5. The molecule has 0 unspecified atom stereocenters. The number of carbonyl (C=O) groups excluding carboxylic acids is 1. The number of benzene rings is 3. The fraction of sp³-hybridized carbons (Fsp3) is 0.0500. The summed E-state index contributed by atoms with van der Waals surface area (Å²) >= 11 is 0. The molecule has 0 aliphatic heterocycles. The number of rotatable bonds is 6. The zero-order valence-electron chi connectivity index (χ0n) is 12.7. The van der Waals surface area contributed by atoms with Crippen LogP contribution >= 0.6 is 7.26 Å². The molecule has 0 saturated carbocycles. The molecule has 0 aromatic heterocycles. The van der Waals surface area contributed by atoms with E-state index in [0.717, 1.165) is 0 Å². The summed E-state index contributed by atoms with van der Waals surface area (Å²) in [5.41, 5.74) is 0. The van der Waals surface area contributed by atoms with E-state index in [-0.39, 0.29) is 0 Å². The summed E-state index contributed by atoms with van der Waals surface area (Å²) in [6.45, 7) is 0.545. The zero-order chi connectivity index (χ0) is 16.0. The zero-order valence-corrected chi connectivity index (χ0v) is 13.6. The average molecular weight is 321 g/mol. The van der Waals surface area contributed by atoms with Gasteiger partial charge in [0.25, 0.3) is 6.47 Å². The maximum absolute atomic E-state index is 10.9. The van der Waals surface area contributed by atoms with E-state index in [1.54, 1.807) is 0 Å². The van der Waals surface area contributed by atoms with Crippen molar-refractivity contribution in [2.75, 3.05) is 6.35 Å². The highest BCUT2D eigenvalue weighted by Crippen LogP contribution is 2.54. The fourth-order valence-corrected chi connectivity index (χ4v) is 6.53. The third-order valence-electron chi connectivity index (χ3n) is 3.93. The van der Waals surface area contributed by atoms with E-state index in [0.29, 0.717) is 12.8 Å². The van der Waals surface area contributed by atoms with E-state index in [4.69, 9.17) is 4.74 Å². The van der Waals surface area contributed by atoms with Crippen LogP contribution in [0.1, 0.15) is 0 Å². The second-order valence-electron chi connectivity index (χ2n) is 5.21. The van der Waals surface area contributed by atoms with Gasteiger partial charge in [-0.1, -0.05) is 54.6 Å². The van der Waals surface area contributed by atoms with Crippen molar-refractivity contribution in [1.29, 1.82) is 0 Å². The Hall–Kier alpha value is -2.44. The quantitative estimate of drug-likeness (QED) is 0.515. The van der Waals surface area contributed by atoms with Gasteiger partial charge in [0, 0.05) is 0 Å². The topological polar surface area (TPSA) is 26.3 Å². The van der Waals surface area contributed by atoms with Crippen LogP contribution in [-0.2, 0) is 9.53 Å². The highest BCUT2D eigenvalue weighted by molar-refractivity contribution is 7.95.